The molecule has 0 aliphatic carbocycles. The average Bonchev–Trinajstić information content (AvgIpc) is 3.09. The van der Waals surface area contributed by atoms with E-state index in [-0.39, 0.29) is 29.7 Å². The molecular formula is C40H24O. The van der Waals surface area contributed by atoms with Gasteiger partial charge in [-0.1, -0.05) is 115 Å². The Balaban J connectivity index is 1.29. The van der Waals surface area contributed by atoms with Crippen molar-refractivity contribution in [3.05, 3.63) is 145 Å². The van der Waals surface area contributed by atoms with E-state index >= 15 is 0 Å². The molecule has 8 aromatic rings. The molecule has 1 heteroatoms. The smallest absolute Gasteiger partial charge is 0.135 e. The maximum atomic E-state index is 8.86. The highest BCUT2D eigenvalue weighted by molar-refractivity contribution is 6.22. The molecular weight excluding hydrogens is 496 g/mol. The molecule has 41 heavy (non-hydrogen) atoms. The van der Waals surface area contributed by atoms with Gasteiger partial charge in [-0.25, -0.2) is 0 Å². The number of fused-ring (bicyclic) bond motifs is 6. The largest absolute Gasteiger partial charge is 0.456 e. The average molecular weight is 526 g/mol. The lowest BCUT2D eigenvalue weighted by Gasteiger charge is -2.22. The number of benzene rings is 8. The highest BCUT2D eigenvalue weighted by Gasteiger charge is 2.20. The molecule has 9 rings (SSSR count). The van der Waals surface area contributed by atoms with Gasteiger partial charge in [0.15, 0.2) is 0 Å². The topological polar surface area (TPSA) is 9.23 Å². The van der Waals surface area contributed by atoms with Crippen molar-refractivity contribution < 1.29 is 11.6 Å². The van der Waals surface area contributed by atoms with Gasteiger partial charge in [0.05, 0.1) is 6.85 Å². The van der Waals surface area contributed by atoms with Gasteiger partial charge in [0.1, 0.15) is 11.5 Å². The van der Waals surface area contributed by atoms with Crippen LogP contribution in [0.5, 0.6) is 11.5 Å². The molecule has 190 valence electrons. The summed E-state index contributed by atoms with van der Waals surface area (Å²) in [4.78, 5) is 0. The third-order valence-electron chi connectivity index (χ3n) is 8.28. The van der Waals surface area contributed by atoms with E-state index in [1.165, 1.54) is 0 Å². The Kier molecular flexibility index (Phi) is 3.76. The molecule has 0 atom stereocenters. The van der Waals surface area contributed by atoms with Crippen LogP contribution in [0.2, 0.25) is 0 Å². The first-order chi connectivity index (χ1) is 22.4. The highest BCUT2D eigenvalue weighted by atomic mass is 16.5. The minimum Gasteiger partial charge on any atom is -0.456 e. The summed E-state index contributed by atoms with van der Waals surface area (Å²) in [5.41, 5.74) is 5.18. The second-order valence-electron chi connectivity index (χ2n) is 10.5. The summed E-state index contributed by atoms with van der Waals surface area (Å²) in [5.74, 6) is 1.70. The van der Waals surface area contributed by atoms with E-state index in [2.05, 4.69) is 72.8 Å². The zero-order valence-electron chi connectivity index (χ0n) is 26.9. The Bertz CT molecular complexity index is 2590. The zero-order valence-corrected chi connectivity index (χ0v) is 21.9. The van der Waals surface area contributed by atoms with E-state index < -0.39 is 6.04 Å². The molecule has 0 aromatic heterocycles. The molecule has 0 amide bonds. The molecule has 0 bridgehead atoms. The quantitative estimate of drug-likeness (QED) is 0.161. The lowest BCUT2D eigenvalue weighted by molar-refractivity contribution is 0.487. The Morgan fingerprint density at radius 2 is 1.20 bits per heavy atom. The van der Waals surface area contributed by atoms with Crippen LogP contribution in [-0.2, 0) is 0 Å². The lowest BCUT2D eigenvalue weighted by Crippen LogP contribution is -1.97. The first kappa shape index (κ1) is 18.0. The van der Waals surface area contributed by atoms with Crippen LogP contribution >= 0.6 is 0 Å². The first-order valence-corrected chi connectivity index (χ1v) is 13.7. The predicted molar refractivity (Wildman–Crippen MR) is 173 cm³/mol. The molecule has 0 spiro atoms. The van der Waals surface area contributed by atoms with Gasteiger partial charge in [-0.3, -0.25) is 0 Å². The van der Waals surface area contributed by atoms with Crippen LogP contribution in [-0.4, -0.2) is 0 Å². The number of hydrogen-bond acceptors (Lipinski definition) is 1. The van der Waals surface area contributed by atoms with Crippen molar-refractivity contribution in [3.8, 4) is 44.9 Å². The third kappa shape index (κ3) is 3.36. The summed E-state index contributed by atoms with van der Waals surface area (Å²) in [7, 11) is 0. The molecule has 1 nitrogen and oxygen atoms in total. The van der Waals surface area contributed by atoms with Crippen LogP contribution in [0.3, 0.4) is 0 Å². The van der Waals surface area contributed by atoms with Crippen LogP contribution in [0.25, 0.3) is 76.5 Å². The predicted octanol–water partition coefficient (Wildman–Crippen LogP) is 11.4. The van der Waals surface area contributed by atoms with Crippen molar-refractivity contribution >= 4 is 43.1 Å². The number of ether oxygens (including phenoxy) is 1. The fourth-order valence-corrected chi connectivity index (χ4v) is 6.46. The van der Waals surface area contributed by atoms with E-state index in [0.717, 1.165) is 76.8 Å². The molecule has 0 radical (unpaired) electrons. The number of rotatable bonds is 2. The van der Waals surface area contributed by atoms with Crippen molar-refractivity contribution in [1.29, 1.82) is 0 Å². The van der Waals surface area contributed by atoms with Gasteiger partial charge < -0.3 is 4.74 Å². The van der Waals surface area contributed by atoms with Gasteiger partial charge in [0, 0.05) is 10.9 Å². The third-order valence-corrected chi connectivity index (χ3v) is 8.28. The molecule has 0 saturated heterocycles. The van der Waals surface area contributed by atoms with Gasteiger partial charge in [-0.05, 0) is 95.9 Å². The summed E-state index contributed by atoms with van der Waals surface area (Å²) >= 11 is 0. The molecule has 1 aliphatic heterocycles. The minimum atomic E-state index is -0.395. The van der Waals surface area contributed by atoms with E-state index in [9.17, 15) is 0 Å². The zero-order chi connectivity index (χ0) is 31.3. The van der Waals surface area contributed by atoms with Crippen LogP contribution in [0, 0.1) is 0 Å². The Labute approximate surface area is 244 Å². The van der Waals surface area contributed by atoms with E-state index in [4.69, 9.17) is 11.6 Å². The number of hydrogen-bond donors (Lipinski definition) is 0. The van der Waals surface area contributed by atoms with Crippen LogP contribution in [0.1, 0.15) is 6.85 Å². The second kappa shape index (κ2) is 8.55. The Hall–Kier alpha value is -5.40. The molecule has 0 N–H and O–H groups in total. The van der Waals surface area contributed by atoms with E-state index in [1.54, 1.807) is 0 Å². The fraction of sp³-hybridized carbons (Fsp3) is 0. The summed E-state index contributed by atoms with van der Waals surface area (Å²) in [6.07, 6.45) is 0. The van der Waals surface area contributed by atoms with Gasteiger partial charge in [0.2, 0.25) is 0 Å². The molecule has 1 aliphatic rings. The van der Waals surface area contributed by atoms with Gasteiger partial charge in [-0.2, -0.15) is 0 Å². The summed E-state index contributed by atoms with van der Waals surface area (Å²) in [5, 5.41) is 7.80. The molecule has 8 aromatic carbocycles. The maximum absolute atomic E-state index is 8.86. The van der Waals surface area contributed by atoms with Gasteiger partial charge in [-0.15, -0.1) is 0 Å². The monoisotopic (exact) mass is 525 g/mol. The van der Waals surface area contributed by atoms with Crippen molar-refractivity contribution in [1.82, 2.24) is 0 Å². The Morgan fingerprint density at radius 1 is 0.439 bits per heavy atom. The van der Waals surface area contributed by atoms with Crippen molar-refractivity contribution in [2.24, 2.45) is 0 Å². The molecule has 0 saturated carbocycles. The summed E-state index contributed by atoms with van der Waals surface area (Å²) in [6, 6.07) is 37.8. The minimum absolute atomic E-state index is 0.204. The highest BCUT2D eigenvalue weighted by Crippen LogP contribution is 2.48. The van der Waals surface area contributed by atoms with Crippen LogP contribution in [0.4, 0.5) is 0 Å². The maximum Gasteiger partial charge on any atom is 0.135 e. The lowest BCUT2D eigenvalue weighted by atomic mass is 9.88. The van der Waals surface area contributed by atoms with Gasteiger partial charge in [0.25, 0.3) is 0 Å². The van der Waals surface area contributed by atoms with Gasteiger partial charge >= 0.3 is 0 Å². The van der Waals surface area contributed by atoms with E-state index in [0.29, 0.717) is 5.56 Å². The summed E-state index contributed by atoms with van der Waals surface area (Å²) in [6.45, 7) is 0. The molecule has 0 unspecified atom stereocenters. The fourth-order valence-electron chi connectivity index (χ4n) is 6.46. The second-order valence-corrected chi connectivity index (χ2v) is 10.5. The summed E-state index contributed by atoms with van der Waals surface area (Å²) < 4.78 is 49.0. The SMILES string of the molecule is [2H]c1c([2H])c([2H])c(-c2c3ccccc3cc3ccc4cc(-c5ccc6c(c5)-c5cccc7cccc(c57)O6)ccc4c23)c([2H])c1[2H]. The standard InChI is InChI=1S/C40H24O/c1-2-8-26(9-3-1)39-32-13-5-4-10-29(32)23-31-17-16-30-22-27(18-20-33(30)40(31)39)28-19-21-36-35(24-28)34-14-6-11-25-12-7-15-37(41-36)38(25)34/h1-24H/i1D,2D,3D,8D,9D. The molecule has 1 heterocycles. The van der Waals surface area contributed by atoms with Crippen LogP contribution in [0.15, 0.2) is 145 Å². The van der Waals surface area contributed by atoms with Crippen LogP contribution < -0.4 is 4.74 Å². The molecule has 0 fully saturated rings. The van der Waals surface area contributed by atoms with Crippen molar-refractivity contribution in [3.63, 3.8) is 0 Å². The van der Waals surface area contributed by atoms with E-state index in [1.807, 2.05) is 42.5 Å². The van der Waals surface area contributed by atoms with Crippen molar-refractivity contribution in [2.75, 3.05) is 0 Å². The van der Waals surface area contributed by atoms with Crippen molar-refractivity contribution in [2.45, 2.75) is 0 Å². The normalized spacial score (nSPS) is 13.8. The first-order valence-electron chi connectivity index (χ1n) is 16.2. The Morgan fingerprint density at radius 3 is 2.12 bits per heavy atom.